The highest BCUT2D eigenvalue weighted by molar-refractivity contribution is 6.31. The SMILES string of the molecule is COc1cc(C)ccc1OCCC(=O)N1CCOC(c2ccccc2Cl)C1. The summed E-state index contributed by atoms with van der Waals surface area (Å²) in [6.07, 6.45) is 0.0984. The number of carbonyl (C=O) groups excluding carboxylic acids is 1. The molecule has 5 nitrogen and oxygen atoms in total. The Bertz CT molecular complexity index is 796. The summed E-state index contributed by atoms with van der Waals surface area (Å²) in [6.45, 7) is 3.86. The molecule has 0 spiro atoms. The third kappa shape index (κ3) is 4.93. The molecule has 3 rings (SSSR count). The molecule has 1 aliphatic rings. The summed E-state index contributed by atoms with van der Waals surface area (Å²) >= 11 is 6.26. The largest absolute Gasteiger partial charge is 0.493 e. The van der Waals surface area contributed by atoms with Crippen molar-refractivity contribution < 1.29 is 19.0 Å². The second-order valence-electron chi connectivity index (χ2n) is 6.47. The lowest BCUT2D eigenvalue weighted by Crippen LogP contribution is -2.42. The van der Waals surface area contributed by atoms with Crippen LogP contribution < -0.4 is 9.47 Å². The number of nitrogens with zero attached hydrogens (tertiary/aromatic N) is 1. The minimum absolute atomic E-state index is 0.0430. The zero-order valence-electron chi connectivity index (χ0n) is 15.6. The van der Waals surface area contributed by atoms with Crippen LogP contribution in [0.15, 0.2) is 42.5 Å². The highest BCUT2D eigenvalue weighted by Gasteiger charge is 2.26. The topological polar surface area (TPSA) is 48.0 Å². The van der Waals surface area contributed by atoms with Gasteiger partial charge in [-0.1, -0.05) is 35.9 Å². The van der Waals surface area contributed by atoms with Crippen LogP contribution in [-0.4, -0.2) is 44.2 Å². The summed E-state index contributed by atoms with van der Waals surface area (Å²) in [5, 5.41) is 0.659. The number of hydrogen-bond acceptors (Lipinski definition) is 4. The minimum Gasteiger partial charge on any atom is -0.493 e. The number of benzene rings is 2. The standard InChI is InChI=1S/C21H24ClNO4/c1-15-7-8-18(19(13-15)25-2)26-11-9-21(24)23-10-12-27-20(14-23)16-5-3-4-6-17(16)22/h3-8,13,20H,9-12,14H2,1-2H3. The zero-order valence-corrected chi connectivity index (χ0v) is 16.4. The zero-order chi connectivity index (χ0) is 19.2. The fourth-order valence-electron chi connectivity index (χ4n) is 3.10. The van der Waals surface area contributed by atoms with E-state index in [-0.39, 0.29) is 12.0 Å². The van der Waals surface area contributed by atoms with Gasteiger partial charge in [0, 0.05) is 17.1 Å². The Hall–Kier alpha value is -2.24. The van der Waals surface area contributed by atoms with Crippen LogP contribution >= 0.6 is 11.6 Å². The van der Waals surface area contributed by atoms with Crippen molar-refractivity contribution in [1.29, 1.82) is 0 Å². The molecule has 1 aliphatic heterocycles. The number of ether oxygens (including phenoxy) is 3. The minimum atomic E-state index is -0.200. The van der Waals surface area contributed by atoms with Crippen LogP contribution in [0.4, 0.5) is 0 Å². The van der Waals surface area contributed by atoms with Crippen LogP contribution in [-0.2, 0) is 9.53 Å². The molecular formula is C21H24ClNO4. The van der Waals surface area contributed by atoms with Crippen molar-refractivity contribution in [1.82, 2.24) is 4.90 Å². The molecule has 1 atom stereocenters. The van der Waals surface area contributed by atoms with Gasteiger partial charge in [0.25, 0.3) is 0 Å². The number of rotatable bonds is 6. The summed E-state index contributed by atoms with van der Waals surface area (Å²) in [5.41, 5.74) is 2.01. The van der Waals surface area contributed by atoms with Gasteiger partial charge in [0.15, 0.2) is 11.5 Å². The van der Waals surface area contributed by atoms with Crippen LogP contribution in [0.3, 0.4) is 0 Å². The third-order valence-electron chi connectivity index (χ3n) is 4.56. The Balaban J connectivity index is 1.54. The van der Waals surface area contributed by atoms with Crippen LogP contribution in [0, 0.1) is 6.92 Å². The van der Waals surface area contributed by atoms with E-state index in [1.165, 1.54) is 0 Å². The average molecular weight is 390 g/mol. The molecule has 0 radical (unpaired) electrons. The van der Waals surface area contributed by atoms with E-state index in [0.29, 0.717) is 49.2 Å². The van der Waals surface area contributed by atoms with Gasteiger partial charge in [0.1, 0.15) is 6.10 Å². The molecule has 2 aromatic rings. The summed E-state index contributed by atoms with van der Waals surface area (Å²) < 4.78 is 16.9. The molecule has 2 aromatic carbocycles. The Morgan fingerprint density at radius 3 is 2.85 bits per heavy atom. The van der Waals surface area contributed by atoms with Gasteiger partial charge >= 0.3 is 0 Å². The average Bonchev–Trinajstić information content (AvgIpc) is 2.69. The lowest BCUT2D eigenvalue weighted by atomic mass is 10.1. The van der Waals surface area contributed by atoms with E-state index in [1.54, 1.807) is 7.11 Å². The van der Waals surface area contributed by atoms with Crippen molar-refractivity contribution in [3.05, 3.63) is 58.6 Å². The number of morpholine rings is 1. The lowest BCUT2D eigenvalue weighted by molar-refractivity contribution is -0.139. The van der Waals surface area contributed by atoms with Crippen LogP contribution in [0.2, 0.25) is 5.02 Å². The maximum absolute atomic E-state index is 12.6. The maximum Gasteiger partial charge on any atom is 0.226 e. The predicted octanol–water partition coefficient (Wildman–Crippen LogP) is 4.03. The Kier molecular flexibility index (Phi) is 6.58. The Labute approximate surface area is 164 Å². The van der Waals surface area contributed by atoms with Gasteiger partial charge in [-0.2, -0.15) is 0 Å². The quantitative estimate of drug-likeness (QED) is 0.748. The molecule has 1 amide bonds. The molecule has 0 saturated carbocycles. The first-order chi connectivity index (χ1) is 13.1. The first-order valence-electron chi connectivity index (χ1n) is 8.99. The molecule has 27 heavy (non-hydrogen) atoms. The van der Waals surface area contributed by atoms with Gasteiger partial charge in [0.05, 0.1) is 33.3 Å². The van der Waals surface area contributed by atoms with Gasteiger partial charge in [-0.25, -0.2) is 0 Å². The predicted molar refractivity (Wildman–Crippen MR) is 105 cm³/mol. The number of carbonyl (C=O) groups is 1. The number of halogens is 1. The second-order valence-corrected chi connectivity index (χ2v) is 6.88. The van der Waals surface area contributed by atoms with Gasteiger partial charge < -0.3 is 19.1 Å². The molecule has 6 heteroatoms. The van der Waals surface area contributed by atoms with Crippen molar-refractivity contribution >= 4 is 17.5 Å². The van der Waals surface area contributed by atoms with Crippen molar-refractivity contribution in [3.63, 3.8) is 0 Å². The molecule has 1 unspecified atom stereocenters. The molecule has 1 heterocycles. The smallest absolute Gasteiger partial charge is 0.226 e. The maximum atomic E-state index is 12.6. The molecule has 0 aromatic heterocycles. The summed E-state index contributed by atoms with van der Waals surface area (Å²) in [6, 6.07) is 13.3. The summed E-state index contributed by atoms with van der Waals surface area (Å²) in [5.74, 6) is 1.36. The van der Waals surface area contributed by atoms with Crippen molar-refractivity contribution in [2.24, 2.45) is 0 Å². The normalized spacial score (nSPS) is 16.9. The molecule has 0 N–H and O–H groups in total. The highest BCUT2D eigenvalue weighted by Crippen LogP contribution is 2.29. The van der Waals surface area contributed by atoms with E-state index in [9.17, 15) is 4.79 Å². The lowest BCUT2D eigenvalue weighted by Gasteiger charge is -2.33. The summed E-state index contributed by atoms with van der Waals surface area (Å²) in [4.78, 5) is 14.4. The molecule has 0 aliphatic carbocycles. The Morgan fingerprint density at radius 2 is 2.07 bits per heavy atom. The van der Waals surface area contributed by atoms with Gasteiger partial charge in [-0.15, -0.1) is 0 Å². The van der Waals surface area contributed by atoms with E-state index >= 15 is 0 Å². The van der Waals surface area contributed by atoms with E-state index in [0.717, 1.165) is 11.1 Å². The molecule has 1 saturated heterocycles. The van der Waals surface area contributed by atoms with Crippen molar-refractivity contribution in [3.8, 4) is 11.5 Å². The van der Waals surface area contributed by atoms with Gasteiger partial charge in [-0.05, 0) is 30.7 Å². The van der Waals surface area contributed by atoms with Crippen molar-refractivity contribution in [2.75, 3.05) is 33.4 Å². The number of amides is 1. The molecule has 0 bridgehead atoms. The molecule has 144 valence electrons. The monoisotopic (exact) mass is 389 g/mol. The second kappa shape index (κ2) is 9.11. The van der Waals surface area contributed by atoms with Crippen LogP contribution in [0.1, 0.15) is 23.7 Å². The van der Waals surface area contributed by atoms with Crippen LogP contribution in [0.25, 0.3) is 0 Å². The number of hydrogen-bond donors (Lipinski definition) is 0. The third-order valence-corrected chi connectivity index (χ3v) is 4.91. The first-order valence-corrected chi connectivity index (χ1v) is 9.37. The number of methoxy groups -OCH3 is 1. The molecular weight excluding hydrogens is 366 g/mol. The van der Waals surface area contributed by atoms with Crippen LogP contribution in [0.5, 0.6) is 11.5 Å². The van der Waals surface area contributed by atoms with E-state index in [1.807, 2.05) is 54.3 Å². The fourth-order valence-corrected chi connectivity index (χ4v) is 3.36. The van der Waals surface area contributed by atoms with Crippen molar-refractivity contribution in [2.45, 2.75) is 19.4 Å². The first kappa shape index (κ1) is 19.5. The van der Waals surface area contributed by atoms with E-state index < -0.39 is 0 Å². The fraction of sp³-hybridized carbons (Fsp3) is 0.381. The summed E-state index contributed by atoms with van der Waals surface area (Å²) in [7, 11) is 1.61. The Morgan fingerprint density at radius 1 is 1.26 bits per heavy atom. The van der Waals surface area contributed by atoms with Gasteiger partial charge in [-0.3, -0.25) is 4.79 Å². The van der Waals surface area contributed by atoms with E-state index in [4.69, 9.17) is 25.8 Å². The molecule has 1 fully saturated rings. The van der Waals surface area contributed by atoms with E-state index in [2.05, 4.69) is 0 Å². The number of aryl methyl sites for hydroxylation is 1. The van der Waals surface area contributed by atoms with Gasteiger partial charge in [0.2, 0.25) is 5.91 Å². The highest BCUT2D eigenvalue weighted by atomic mass is 35.5.